The molecule has 1 atom stereocenters. The summed E-state index contributed by atoms with van der Waals surface area (Å²) in [5.41, 5.74) is 2.62. The van der Waals surface area contributed by atoms with Crippen LogP contribution in [0.1, 0.15) is 39.5 Å². The molecule has 0 aromatic heterocycles. The number of para-hydroxylation sites is 1. The lowest BCUT2D eigenvalue weighted by Crippen LogP contribution is -2.33. The number of hydrogen-bond donors (Lipinski definition) is 1. The molecule has 1 aliphatic rings. The lowest BCUT2D eigenvalue weighted by atomic mass is 9.86. The second kappa shape index (κ2) is 10.5. The molecule has 30 heavy (non-hydrogen) atoms. The van der Waals surface area contributed by atoms with Gasteiger partial charge in [-0.05, 0) is 42.4 Å². The third-order valence-electron chi connectivity index (χ3n) is 5.43. The molecular formula is C24H31NO3S2. The Bertz CT molecular complexity index is 859. The lowest BCUT2D eigenvalue weighted by Gasteiger charge is -2.34. The van der Waals surface area contributed by atoms with Crippen molar-refractivity contribution >= 4 is 40.9 Å². The van der Waals surface area contributed by atoms with Gasteiger partial charge in [-0.1, -0.05) is 44.9 Å². The Labute approximate surface area is 188 Å². The standard InChI is InChI=1S/C24H31NO3S2/c1-4-5-12-24(2)16-25(18-9-7-6-8-10-18)19-14-22(29-3)20(15-21(19)30-17-24)28-13-11-23(26)27/h6-10,14-15H,4-5,11-13,16-17H2,1-3H3,(H,26,27)/t24-/m0/s1. The van der Waals surface area contributed by atoms with Gasteiger partial charge in [-0.15, -0.1) is 23.5 Å². The normalized spacial score (nSPS) is 18.6. The van der Waals surface area contributed by atoms with Crippen LogP contribution < -0.4 is 9.64 Å². The molecule has 1 heterocycles. The van der Waals surface area contributed by atoms with E-state index in [2.05, 4.69) is 61.2 Å². The molecule has 0 unspecified atom stereocenters. The fourth-order valence-corrected chi connectivity index (χ4v) is 5.53. The molecule has 4 nitrogen and oxygen atoms in total. The van der Waals surface area contributed by atoms with Crippen LogP contribution in [0.15, 0.2) is 52.3 Å². The van der Waals surface area contributed by atoms with Crippen molar-refractivity contribution in [2.75, 3.05) is 30.1 Å². The van der Waals surface area contributed by atoms with Gasteiger partial charge in [-0.2, -0.15) is 0 Å². The van der Waals surface area contributed by atoms with Gasteiger partial charge >= 0.3 is 5.97 Å². The van der Waals surface area contributed by atoms with E-state index in [1.165, 1.54) is 35.5 Å². The van der Waals surface area contributed by atoms with Crippen LogP contribution in [0.2, 0.25) is 0 Å². The highest BCUT2D eigenvalue weighted by Crippen LogP contribution is 2.48. The van der Waals surface area contributed by atoms with E-state index in [1.54, 1.807) is 11.8 Å². The number of hydrogen-bond acceptors (Lipinski definition) is 5. The van der Waals surface area contributed by atoms with Crippen molar-refractivity contribution in [2.24, 2.45) is 5.41 Å². The van der Waals surface area contributed by atoms with Crippen LogP contribution in [0.25, 0.3) is 0 Å². The van der Waals surface area contributed by atoms with E-state index in [-0.39, 0.29) is 18.4 Å². The molecular weight excluding hydrogens is 414 g/mol. The van der Waals surface area contributed by atoms with E-state index >= 15 is 0 Å². The Balaban J connectivity index is 2.00. The first-order valence-corrected chi connectivity index (χ1v) is 12.7. The fourth-order valence-electron chi connectivity index (χ4n) is 3.74. The Hall–Kier alpha value is -1.79. The van der Waals surface area contributed by atoms with Gasteiger partial charge in [0.25, 0.3) is 0 Å². The summed E-state index contributed by atoms with van der Waals surface area (Å²) in [5, 5.41) is 8.94. The van der Waals surface area contributed by atoms with Gasteiger partial charge in [0.15, 0.2) is 0 Å². The fraction of sp³-hybridized carbons (Fsp3) is 0.458. The Morgan fingerprint density at radius 2 is 2.07 bits per heavy atom. The second-order valence-corrected chi connectivity index (χ2v) is 9.95. The third-order valence-corrected chi connectivity index (χ3v) is 7.67. The van der Waals surface area contributed by atoms with E-state index in [0.717, 1.165) is 22.9 Å². The maximum absolute atomic E-state index is 10.9. The Morgan fingerprint density at radius 1 is 1.30 bits per heavy atom. The molecule has 0 spiro atoms. The molecule has 0 aliphatic carbocycles. The highest BCUT2D eigenvalue weighted by molar-refractivity contribution is 7.99. The monoisotopic (exact) mass is 445 g/mol. The molecule has 2 aromatic carbocycles. The number of fused-ring (bicyclic) bond motifs is 1. The largest absolute Gasteiger partial charge is 0.492 e. The molecule has 1 N–H and O–H groups in total. The minimum atomic E-state index is -0.841. The van der Waals surface area contributed by atoms with E-state index in [1.807, 2.05) is 18.0 Å². The Morgan fingerprint density at radius 3 is 2.73 bits per heavy atom. The first-order valence-electron chi connectivity index (χ1n) is 10.5. The highest BCUT2D eigenvalue weighted by atomic mass is 32.2. The first-order chi connectivity index (χ1) is 14.5. The molecule has 0 radical (unpaired) electrons. The molecule has 0 fully saturated rings. The maximum Gasteiger partial charge on any atom is 0.306 e. The Kier molecular flexibility index (Phi) is 8.00. The average molecular weight is 446 g/mol. The highest BCUT2D eigenvalue weighted by Gasteiger charge is 2.33. The summed E-state index contributed by atoms with van der Waals surface area (Å²) in [4.78, 5) is 15.6. The number of benzene rings is 2. The minimum Gasteiger partial charge on any atom is -0.492 e. The number of carboxylic acid groups (broad SMARTS) is 1. The molecule has 6 heteroatoms. The van der Waals surface area contributed by atoms with Crippen molar-refractivity contribution < 1.29 is 14.6 Å². The number of rotatable bonds is 9. The van der Waals surface area contributed by atoms with E-state index in [0.29, 0.717) is 0 Å². The third kappa shape index (κ3) is 5.67. The molecule has 0 saturated carbocycles. The molecule has 3 rings (SSSR count). The van der Waals surface area contributed by atoms with Gasteiger partial charge in [0.1, 0.15) is 5.75 Å². The van der Waals surface area contributed by atoms with Crippen molar-refractivity contribution in [3.8, 4) is 5.75 Å². The lowest BCUT2D eigenvalue weighted by molar-refractivity contribution is -0.137. The maximum atomic E-state index is 10.9. The predicted molar refractivity (Wildman–Crippen MR) is 128 cm³/mol. The zero-order chi connectivity index (χ0) is 21.6. The van der Waals surface area contributed by atoms with Crippen molar-refractivity contribution in [1.29, 1.82) is 0 Å². The molecule has 2 aromatic rings. The molecule has 1 aliphatic heterocycles. The second-order valence-electron chi connectivity index (χ2n) is 8.09. The predicted octanol–water partition coefficient (Wildman–Crippen LogP) is 6.70. The summed E-state index contributed by atoms with van der Waals surface area (Å²) >= 11 is 3.53. The topological polar surface area (TPSA) is 49.8 Å². The molecule has 0 amide bonds. The van der Waals surface area contributed by atoms with Crippen molar-refractivity contribution in [3.63, 3.8) is 0 Å². The van der Waals surface area contributed by atoms with Crippen LogP contribution in [0.4, 0.5) is 11.4 Å². The van der Waals surface area contributed by atoms with Crippen molar-refractivity contribution in [2.45, 2.75) is 49.3 Å². The SMILES string of the molecule is CCCC[C@]1(C)CSc2cc(OCCC(=O)O)c(SC)cc2N(c2ccccc2)C1. The summed E-state index contributed by atoms with van der Waals surface area (Å²) in [6, 6.07) is 14.9. The van der Waals surface area contributed by atoms with Gasteiger partial charge in [0.05, 0.1) is 23.6 Å². The van der Waals surface area contributed by atoms with Crippen LogP contribution in [0, 0.1) is 5.41 Å². The average Bonchev–Trinajstić information content (AvgIpc) is 2.89. The number of carboxylic acids is 1. The van der Waals surface area contributed by atoms with Crippen LogP contribution in [0.3, 0.4) is 0 Å². The summed E-state index contributed by atoms with van der Waals surface area (Å²) in [6.45, 7) is 5.81. The smallest absolute Gasteiger partial charge is 0.306 e. The van der Waals surface area contributed by atoms with Gasteiger partial charge in [-0.25, -0.2) is 0 Å². The molecule has 0 saturated heterocycles. The zero-order valence-electron chi connectivity index (χ0n) is 18.0. The number of thioether (sulfide) groups is 2. The molecule has 0 bridgehead atoms. The number of aliphatic carboxylic acids is 1. The number of anilines is 2. The summed E-state index contributed by atoms with van der Waals surface area (Å²) in [5.74, 6) is 0.989. The van der Waals surface area contributed by atoms with Crippen LogP contribution >= 0.6 is 23.5 Å². The van der Waals surface area contributed by atoms with Gasteiger partial charge in [0.2, 0.25) is 0 Å². The first kappa shape index (κ1) is 22.9. The zero-order valence-corrected chi connectivity index (χ0v) is 19.7. The number of carbonyl (C=O) groups is 1. The summed E-state index contributed by atoms with van der Waals surface area (Å²) < 4.78 is 5.87. The van der Waals surface area contributed by atoms with Gasteiger partial charge in [0, 0.05) is 22.9 Å². The quantitative estimate of drug-likeness (QED) is 0.433. The molecule has 162 valence electrons. The van der Waals surface area contributed by atoms with E-state index in [4.69, 9.17) is 9.84 Å². The van der Waals surface area contributed by atoms with E-state index < -0.39 is 5.97 Å². The number of nitrogens with zero attached hydrogens (tertiary/aromatic N) is 1. The van der Waals surface area contributed by atoms with Crippen molar-refractivity contribution in [1.82, 2.24) is 0 Å². The van der Waals surface area contributed by atoms with Crippen LogP contribution in [-0.2, 0) is 4.79 Å². The number of ether oxygens (including phenoxy) is 1. The van der Waals surface area contributed by atoms with Crippen molar-refractivity contribution in [3.05, 3.63) is 42.5 Å². The summed E-state index contributed by atoms with van der Waals surface area (Å²) in [6.07, 6.45) is 5.68. The summed E-state index contributed by atoms with van der Waals surface area (Å²) in [7, 11) is 0. The van der Waals surface area contributed by atoms with Gasteiger partial charge < -0.3 is 14.7 Å². The van der Waals surface area contributed by atoms with Crippen LogP contribution in [-0.4, -0.2) is 36.2 Å². The van der Waals surface area contributed by atoms with Gasteiger partial charge in [-0.3, -0.25) is 4.79 Å². The van der Waals surface area contributed by atoms with Crippen LogP contribution in [0.5, 0.6) is 5.75 Å². The van der Waals surface area contributed by atoms with E-state index in [9.17, 15) is 4.79 Å². The minimum absolute atomic E-state index is 0.00325. The number of unbranched alkanes of at least 4 members (excludes halogenated alkanes) is 1.